The van der Waals surface area contributed by atoms with Gasteiger partial charge in [-0.3, -0.25) is 4.79 Å². The van der Waals surface area contributed by atoms with E-state index in [-0.39, 0.29) is 24.2 Å². The van der Waals surface area contributed by atoms with Crippen LogP contribution in [-0.2, 0) is 11.2 Å². The van der Waals surface area contributed by atoms with Crippen LogP contribution in [0.4, 0.5) is 8.78 Å². The average Bonchev–Trinajstić information content (AvgIpc) is 2.39. The normalized spacial score (nSPS) is 16.5. The molecule has 1 aromatic carbocycles. The third kappa shape index (κ3) is 4.16. The van der Waals surface area contributed by atoms with E-state index in [0.29, 0.717) is 31.5 Å². The van der Waals surface area contributed by atoms with Crippen LogP contribution in [0, 0.1) is 0 Å². The molecule has 0 atom stereocenters. The first-order chi connectivity index (χ1) is 9.54. The van der Waals surface area contributed by atoms with E-state index in [0.717, 1.165) is 0 Å². The Hall–Kier alpha value is -1.69. The van der Waals surface area contributed by atoms with Gasteiger partial charge < -0.3 is 14.7 Å². The predicted molar refractivity (Wildman–Crippen MR) is 68.6 cm³/mol. The number of likely N-dealkylation sites (tertiary alicyclic amines) is 1. The van der Waals surface area contributed by atoms with Crippen LogP contribution in [0.15, 0.2) is 24.3 Å². The van der Waals surface area contributed by atoms with Crippen molar-refractivity contribution in [3.8, 4) is 5.75 Å². The maximum Gasteiger partial charge on any atom is 0.387 e. The zero-order chi connectivity index (χ0) is 14.5. The van der Waals surface area contributed by atoms with Gasteiger partial charge in [0.25, 0.3) is 0 Å². The summed E-state index contributed by atoms with van der Waals surface area (Å²) in [5.74, 6) is -0.00883. The maximum atomic E-state index is 12.1. The smallest absolute Gasteiger partial charge is 0.387 e. The van der Waals surface area contributed by atoms with Gasteiger partial charge in [-0.05, 0) is 30.5 Å². The first-order valence-electron chi connectivity index (χ1n) is 6.54. The standard InChI is InChI=1S/C14H17F2NO3/c15-14(16)20-12-3-1-2-10(8-12)9-13(19)17-6-4-11(18)5-7-17/h1-3,8,11,14,18H,4-7,9H2. The van der Waals surface area contributed by atoms with Crippen molar-refractivity contribution in [2.45, 2.75) is 32.0 Å². The molecule has 6 heteroatoms. The number of amides is 1. The molecule has 0 bridgehead atoms. The molecule has 1 amide bonds. The Morgan fingerprint density at radius 2 is 2.10 bits per heavy atom. The van der Waals surface area contributed by atoms with Gasteiger partial charge in [-0.2, -0.15) is 8.78 Å². The van der Waals surface area contributed by atoms with Gasteiger partial charge in [0.15, 0.2) is 0 Å². The number of alkyl halides is 2. The first kappa shape index (κ1) is 14.7. The van der Waals surface area contributed by atoms with Gasteiger partial charge in [0.05, 0.1) is 12.5 Å². The van der Waals surface area contributed by atoms with Crippen LogP contribution in [0.5, 0.6) is 5.75 Å². The second-order valence-corrected chi connectivity index (χ2v) is 4.81. The summed E-state index contributed by atoms with van der Waals surface area (Å²) in [6.07, 6.45) is 0.985. The summed E-state index contributed by atoms with van der Waals surface area (Å²) in [5.41, 5.74) is 0.638. The number of hydrogen-bond donors (Lipinski definition) is 1. The van der Waals surface area contributed by atoms with E-state index in [1.807, 2.05) is 0 Å². The fraction of sp³-hybridized carbons (Fsp3) is 0.500. The quantitative estimate of drug-likeness (QED) is 0.918. The lowest BCUT2D eigenvalue weighted by Crippen LogP contribution is -2.40. The van der Waals surface area contributed by atoms with Gasteiger partial charge in [-0.15, -0.1) is 0 Å². The molecule has 0 radical (unpaired) electrons. The summed E-state index contributed by atoms with van der Waals surface area (Å²) in [5, 5.41) is 9.39. The van der Waals surface area contributed by atoms with Crippen LogP contribution in [-0.4, -0.2) is 41.7 Å². The lowest BCUT2D eigenvalue weighted by Gasteiger charge is -2.29. The largest absolute Gasteiger partial charge is 0.435 e. The molecule has 0 unspecified atom stereocenters. The highest BCUT2D eigenvalue weighted by atomic mass is 19.3. The van der Waals surface area contributed by atoms with Crippen molar-refractivity contribution in [3.63, 3.8) is 0 Å². The summed E-state index contributed by atoms with van der Waals surface area (Å²) in [4.78, 5) is 13.8. The second-order valence-electron chi connectivity index (χ2n) is 4.81. The summed E-state index contributed by atoms with van der Waals surface area (Å²) in [6, 6.07) is 6.16. The summed E-state index contributed by atoms with van der Waals surface area (Å²) in [7, 11) is 0. The fourth-order valence-corrected chi connectivity index (χ4v) is 2.23. The van der Waals surface area contributed by atoms with Crippen molar-refractivity contribution in [3.05, 3.63) is 29.8 Å². The van der Waals surface area contributed by atoms with E-state index in [9.17, 15) is 18.7 Å². The first-order valence-corrected chi connectivity index (χ1v) is 6.54. The van der Waals surface area contributed by atoms with Crippen molar-refractivity contribution in [2.75, 3.05) is 13.1 Å². The number of benzene rings is 1. The number of piperidine rings is 1. The van der Waals surface area contributed by atoms with Crippen molar-refractivity contribution in [1.82, 2.24) is 4.90 Å². The van der Waals surface area contributed by atoms with E-state index in [1.54, 1.807) is 17.0 Å². The minimum Gasteiger partial charge on any atom is -0.435 e. The van der Waals surface area contributed by atoms with Gasteiger partial charge >= 0.3 is 6.61 Å². The molecule has 1 saturated heterocycles. The maximum absolute atomic E-state index is 12.1. The molecule has 1 fully saturated rings. The van der Waals surface area contributed by atoms with Crippen LogP contribution in [0.3, 0.4) is 0 Å². The Morgan fingerprint density at radius 1 is 1.40 bits per heavy atom. The summed E-state index contributed by atoms with van der Waals surface area (Å²) < 4.78 is 28.5. The van der Waals surface area contributed by atoms with E-state index < -0.39 is 6.61 Å². The van der Waals surface area contributed by atoms with E-state index >= 15 is 0 Å². The molecule has 4 nitrogen and oxygen atoms in total. The van der Waals surface area contributed by atoms with Gasteiger partial charge in [-0.1, -0.05) is 12.1 Å². The Morgan fingerprint density at radius 3 is 2.75 bits per heavy atom. The number of halogens is 2. The van der Waals surface area contributed by atoms with E-state index in [4.69, 9.17) is 0 Å². The SMILES string of the molecule is O=C(Cc1cccc(OC(F)F)c1)N1CCC(O)CC1. The molecular formula is C14H17F2NO3. The van der Waals surface area contributed by atoms with Crippen molar-refractivity contribution < 1.29 is 23.4 Å². The molecule has 110 valence electrons. The number of hydrogen-bond acceptors (Lipinski definition) is 3. The minimum absolute atomic E-state index is 0.0550. The molecule has 2 rings (SSSR count). The Balaban J connectivity index is 1.93. The number of rotatable bonds is 4. The van der Waals surface area contributed by atoms with Crippen LogP contribution in [0.1, 0.15) is 18.4 Å². The number of carbonyl (C=O) groups is 1. The molecule has 0 aromatic heterocycles. The number of nitrogens with zero attached hydrogens (tertiary/aromatic N) is 1. The second kappa shape index (κ2) is 6.65. The predicted octanol–water partition coefficient (Wildman–Crippen LogP) is 1.81. The Kier molecular flexibility index (Phi) is 4.89. The molecule has 1 N–H and O–H groups in total. The molecule has 1 aromatic rings. The minimum atomic E-state index is -2.87. The molecule has 20 heavy (non-hydrogen) atoms. The van der Waals surface area contributed by atoms with Gasteiger partial charge in [0.1, 0.15) is 5.75 Å². The van der Waals surface area contributed by atoms with E-state index in [1.165, 1.54) is 12.1 Å². The fourth-order valence-electron chi connectivity index (χ4n) is 2.23. The Labute approximate surface area is 116 Å². The van der Waals surface area contributed by atoms with Crippen LogP contribution in [0.2, 0.25) is 0 Å². The lowest BCUT2D eigenvalue weighted by atomic mass is 10.1. The monoisotopic (exact) mass is 285 g/mol. The highest BCUT2D eigenvalue weighted by Crippen LogP contribution is 2.18. The lowest BCUT2D eigenvalue weighted by molar-refractivity contribution is -0.132. The topological polar surface area (TPSA) is 49.8 Å². The molecular weight excluding hydrogens is 268 g/mol. The molecule has 1 aliphatic heterocycles. The third-order valence-corrected chi connectivity index (χ3v) is 3.30. The summed E-state index contributed by atoms with van der Waals surface area (Å²) >= 11 is 0. The molecule has 0 saturated carbocycles. The number of ether oxygens (including phenoxy) is 1. The number of carbonyl (C=O) groups excluding carboxylic acids is 1. The van der Waals surface area contributed by atoms with E-state index in [2.05, 4.69) is 4.74 Å². The highest BCUT2D eigenvalue weighted by Gasteiger charge is 2.21. The van der Waals surface area contributed by atoms with Crippen molar-refractivity contribution >= 4 is 5.91 Å². The average molecular weight is 285 g/mol. The van der Waals surface area contributed by atoms with Crippen LogP contribution in [0.25, 0.3) is 0 Å². The van der Waals surface area contributed by atoms with Crippen molar-refractivity contribution in [1.29, 1.82) is 0 Å². The molecule has 0 spiro atoms. The van der Waals surface area contributed by atoms with Crippen molar-refractivity contribution in [2.24, 2.45) is 0 Å². The molecule has 0 aliphatic carbocycles. The third-order valence-electron chi connectivity index (χ3n) is 3.30. The van der Waals surface area contributed by atoms with Gasteiger partial charge in [-0.25, -0.2) is 0 Å². The molecule has 1 heterocycles. The zero-order valence-electron chi connectivity index (χ0n) is 11.0. The number of aliphatic hydroxyl groups excluding tert-OH is 1. The highest BCUT2D eigenvalue weighted by molar-refractivity contribution is 5.79. The Bertz CT molecular complexity index is 459. The van der Waals surface area contributed by atoms with Crippen LogP contribution >= 0.6 is 0 Å². The summed E-state index contributed by atoms with van der Waals surface area (Å²) in [6.45, 7) is -1.80. The zero-order valence-corrected chi connectivity index (χ0v) is 11.0. The van der Waals surface area contributed by atoms with Gasteiger partial charge in [0.2, 0.25) is 5.91 Å². The number of aliphatic hydroxyl groups is 1. The molecule has 1 aliphatic rings. The van der Waals surface area contributed by atoms with Gasteiger partial charge in [0, 0.05) is 13.1 Å². The van der Waals surface area contributed by atoms with Crippen LogP contribution < -0.4 is 4.74 Å².